The number of alkyl halides is 13. The molecule has 0 rings (SSSR count). The third kappa shape index (κ3) is 3.14. The Morgan fingerprint density at radius 1 is 0.692 bits per heavy atom. The average molecular weight is 423 g/mol. The largest absolute Gasteiger partial charge is 0.480 e. The van der Waals surface area contributed by atoms with Crippen molar-refractivity contribution in [2.24, 2.45) is 5.73 Å². The molecule has 0 spiro atoms. The number of hydrogen-bond acceptors (Lipinski definition) is 3. The second-order valence-electron chi connectivity index (χ2n) is 4.73. The minimum Gasteiger partial charge on any atom is -0.480 e. The summed E-state index contributed by atoms with van der Waals surface area (Å²) in [5.41, 5.74) is 4.23. The number of nitrogens with two attached hydrogens (primary N) is 1. The summed E-state index contributed by atoms with van der Waals surface area (Å²) >= 11 is 0. The van der Waals surface area contributed by atoms with Gasteiger partial charge in [0.25, 0.3) is 0 Å². The van der Waals surface area contributed by atoms with Gasteiger partial charge >= 0.3 is 41.8 Å². The highest BCUT2D eigenvalue weighted by molar-refractivity contribution is 5.74. The number of aliphatic hydroxyl groups is 1. The molecule has 0 amide bonds. The van der Waals surface area contributed by atoms with Gasteiger partial charge in [-0.15, -0.1) is 0 Å². The lowest BCUT2D eigenvalue weighted by molar-refractivity contribution is -0.444. The lowest BCUT2D eigenvalue weighted by Crippen LogP contribution is -2.73. The summed E-state index contributed by atoms with van der Waals surface area (Å²) < 4.78 is 165. The number of aliphatic hydroxyl groups excluding tert-OH is 1. The van der Waals surface area contributed by atoms with Crippen LogP contribution in [-0.2, 0) is 4.79 Å². The van der Waals surface area contributed by atoms with Gasteiger partial charge in [0.1, 0.15) is 12.1 Å². The third-order valence-corrected chi connectivity index (χ3v) is 2.95. The predicted molar refractivity (Wildman–Crippen MR) is 52.4 cm³/mol. The van der Waals surface area contributed by atoms with E-state index in [9.17, 15) is 61.9 Å². The van der Waals surface area contributed by atoms with E-state index in [0.29, 0.717) is 0 Å². The van der Waals surface area contributed by atoms with Crippen molar-refractivity contribution < 1.29 is 72.1 Å². The lowest BCUT2D eigenvalue weighted by Gasteiger charge is -2.41. The maximum atomic E-state index is 13.2. The molecule has 0 fully saturated rings. The number of carbonyl (C=O) groups is 1. The number of rotatable bonds is 7. The van der Waals surface area contributed by atoms with Crippen molar-refractivity contribution in [1.82, 2.24) is 0 Å². The summed E-state index contributed by atoms with van der Waals surface area (Å²) in [6, 6.07) is -3.52. The Labute approximate surface area is 133 Å². The molecular weight excluding hydrogens is 417 g/mol. The molecular formula is C9H6F13NO3. The SMILES string of the molecule is N[C@H](C(=O)O)[C@H](O)C(F)(F)C(F)(F)C(F)(F)C(F)(F)C(F)(F)C(F)(F)F. The van der Waals surface area contributed by atoms with Gasteiger partial charge in [0.15, 0.2) is 0 Å². The van der Waals surface area contributed by atoms with Crippen molar-refractivity contribution in [3.05, 3.63) is 0 Å². The summed E-state index contributed by atoms with van der Waals surface area (Å²) in [5.74, 6) is -41.7. The van der Waals surface area contributed by atoms with E-state index in [1.54, 1.807) is 0 Å². The molecule has 0 aromatic heterocycles. The van der Waals surface area contributed by atoms with Gasteiger partial charge in [0, 0.05) is 0 Å². The van der Waals surface area contributed by atoms with E-state index in [2.05, 4.69) is 5.73 Å². The van der Waals surface area contributed by atoms with E-state index in [-0.39, 0.29) is 0 Å². The number of carboxylic acids is 1. The van der Waals surface area contributed by atoms with Gasteiger partial charge in [-0.3, -0.25) is 4.79 Å². The molecule has 0 aliphatic heterocycles. The van der Waals surface area contributed by atoms with Crippen LogP contribution in [0.15, 0.2) is 0 Å². The molecule has 0 saturated carbocycles. The van der Waals surface area contributed by atoms with Crippen LogP contribution < -0.4 is 5.73 Å². The molecule has 17 heteroatoms. The minimum absolute atomic E-state index is 2.75. The zero-order chi connectivity index (χ0) is 21.7. The Balaban J connectivity index is 6.37. The zero-order valence-electron chi connectivity index (χ0n) is 11.4. The highest BCUT2D eigenvalue weighted by atomic mass is 19.4. The minimum atomic E-state index is -8.14. The maximum absolute atomic E-state index is 13.2. The van der Waals surface area contributed by atoms with E-state index in [0.717, 1.165) is 0 Å². The van der Waals surface area contributed by atoms with E-state index in [1.807, 2.05) is 0 Å². The predicted octanol–water partition coefficient (Wildman–Crippen LogP) is 2.50. The van der Waals surface area contributed by atoms with Crippen molar-refractivity contribution in [3.63, 3.8) is 0 Å². The van der Waals surface area contributed by atoms with Crippen LogP contribution in [0.2, 0.25) is 0 Å². The fraction of sp³-hybridized carbons (Fsp3) is 0.889. The first kappa shape index (κ1) is 24.5. The second kappa shape index (κ2) is 6.28. The summed E-state index contributed by atoms with van der Waals surface area (Å²) in [6.45, 7) is 0. The van der Waals surface area contributed by atoms with Crippen LogP contribution in [0.3, 0.4) is 0 Å². The molecule has 0 heterocycles. The maximum Gasteiger partial charge on any atom is 0.460 e. The monoisotopic (exact) mass is 423 g/mol. The molecule has 0 bridgehead atoms. The fourth-order valence-electron chi connectivity index (χ4n) is 1.33. The van der Waals surface area contributed by atoms with E-state index in [4.69, 9.17) is 10.2 Å². The van der Waals surface area contributed by atoms with Gasteiger partial charge in [-0.05, 0) is 0 Å². The molecule has 4 N–H and O–H groups in total. The van der Waals surface area contributed by atoms with Gasteiger partial charge < -0.3 is 15.9 Å². The van der Waals surface area contributed by atoms with Crippen molar-refractivity contribution in [1.29, 1.82) is 0 Å². The van der Waals surface area contributed by atoms with Crippen LogP contribution >= 0.6 is 0 Å². The van der Waals surface area contributed by atoms with Gasteiger partial charge in [-0.1, -0.05) is 0 Å². The number of halogens is 13. The Kier molecular flexibility index (Phi) is 5.91. The quantitative estimate of drug-likeness (QED) is 0.550. The standard InChI is InChI=1S/C9H6F13NO3/c10-4(11,2(24)1(23)3(25)26)5(12,13)6(14,15)7(16,17)8(18,19)9(20,21)22/h1-2,24H,23H2,(H,25,26)/t1-,2-/m0/s1. The zero-order valence-corrected chi connectivity index (χ0v) is 11.4. The Bertz CT molecular complexity index is 543. The topological polar surface area (TPSA) is 83.6 Å². The summed E-state index contributed by atoms with van der Waals surface area (Å²) in [7, 11) is 0. The first-order valence-electron chi connectivity index (χ1n) is 5.64. The van der Waals surface area contributed by atoms with E-state index >= 15 is 0 Å². The molecule has 0 aliphatic rings. The van der Waals surface area contributed by atoms with Gasteiger partial charge in [-0.25, -0.2) is 0 Å². The molecule has 2 atom stereocenters. The van der Waals surface area contributed by atoms with Crippen LogP contribution in [-0.4, -0.2) is 64.1 Å². The Morgan fingerprint density at radius 3 is 1.27 bits per heavy atom. The average Bonchev–Trinajstić information content (AvgIpc) is 2.43. The third-order valence-electron chi connectivity index (χ3n) is 2.95. The van der Waals surface area contributed by atoms with Crippen LogP contribution in [0.25, 0.3) is 0 Å². The lowest BCUT2D eigenvalue weighted by atomic mass is 9.89. The van der Waals surface area contributed by atoms with Gasteiger partial charge in [0.2, 0.25) is 0 Å². The normalized spacial score (nSPS) is 17.8. The number of aliphatic carboxylic acids is 1. The molecule has 0 saturated heterocycles. The summed E-state index contributed by atoms with van der Waals surface area (Å²) in [4.78, 5) is 10.2. The molecule has 26 heavy (non-hydrogen) atoms. The molecule has 0 unspecified atom stereocenters. The number of carboxylic acid groups (broad SMARTS) is 1. The van der Waals surface area contributed by atoms with Gasteiger partial charge in [0.05, 0.1) is 0 Å². The van der Waals surface area contributed by atoms with Crippen LogP contribution in [0.1, 0.15) is 0 Å². The summed E-state index contributed by atoms with van der Waals surface area (Å²) in [6.07, 6.45) is -12.1. The molecule has 156 valence electrons. The van der Waals surface area contributed by atoms with Crippen LogP contribution in [0.4, 0.5) is 57.1 Å². The fourth-order valence-corrected chi connectivity index (χ4v) is 1.33. The summed E-state index contributed by atoms with van der Waals surface area (Å²) in [5, 5.41) is 16.7. The van der Waals surface area contributed by atoms with Crippen molar-refractivity contribution in [2.75, 3.05) is 0 Å². The molecule has 0 radical (unpaired) electrons. The highest BCUT2D eigenvalue weighted by Gasteiger charge is 2.91. The molecule has 0 aromatic rings. The van der Waals surface area contributed by atoms with Crippen molar-refractivity contribution >= 4 is 5.97 Å². The molecule has 4 nitrogen and oxygen atoms in total. The number of hydrogen-bond donors (Lipinski definition) is 3. The van der Waals surface area contributed by atoms with E-state index < -0.39 is 53.9 Å². The second-order valence-corrected chi connectivity index (χ2v) is 4.73. The smallest absolute Gasteiger partial charge is 0.460 e. The highest BCUT2D eigenvalue weighted by Crippen LogP contribution is 2.60. The molecule has 0 aliphatic carbocycles. The first-order valence-corrected chi connectivity index (χ1v) is 5.64. The first-order chi connectivity index (χ1) is 11.0. The molecule has 0 aromatic carbocycles. The van der Waals surface area contributed by atoms with Crippen molar-refractivity contribution in [3.8, 4) is 0 Å². The van der Waals surface area contributed by atoms with Crippen LogP contribution in [0, 0.1) is 0 Å². The van der Waals surface area contributed by atoms with Gasteiger partial charge in [-0.2, -0.15) is 57.1 Å². The Hall–Kier alpha value is -1.52. The van der Waals surface area contributed by atoms with Crippen LogP contribution in [0.5, 0.6) is 0 Å². The Morgan fingerprint density at radius 2 is 1.00 bits per heavy atom. The van der Waals surface area contributed by atoms with E-state index in [1.165, 1.54) is 0 Å². The van der Waals surface area contributed by atoms with Crippen molar-refractivity contribution in [2.45, 2.75) is 47.9 Å².